The van der Waals surface area contributed by atoms with Crippen molar-refractivity contribution in [1.82, 2.24) is 15.4 Å². The Morgan fingerprint density at radius 1 is 1.00 bits per heavy atom. The summed E-state index contributed by atoms with van der Waals surface area (Å²) < 4.78 is 12.6. The molecule has 0 heterocycles. The van der Waals surface area contributed by atoms with Gasteiger partial charge in [-0.15, -0.1) is 0 Å². The van der Waals surface area contributed by atoms with Crippen molar-refractivity contribution in [2.75, 3.05) is 34.4 Å². The van der Waals surface area contributed by atoms with Gasteiger partial charge in [0.2, 0.25) is 0 Å². The van der Waals surface area contributed by atoms with Gasteiger partial charge in [-0.1, -0.05) is 13.3 Å². The van der Waals surface area contributed by atoms with Crippen molar-refractivity contribution in [2.24, 2.45) is 17.3 Å². The summed E-state index contributed by atoms with van der Waals surface area (Å²) in [7, 11) is 4.09. The fourth-order valence-electron chi connectivity index (χ4n) is 3.69. The molecule has 0 aliphatic carbocycles. The highest BCUT2D eigenvalue weighted by molar-refractivity contribution is 7.48. The van der Waals surface area contributed by atoms with Crippen molar-refractivity contribution in [3.05, 3.63) is 47.1 Å². The molecule has 36 heavy (non-hydrogen) atoms. The topological polar surface area (TPSA) is 144 Å². The van der Waals surface area contributed by atoms with Gasteiger partial charge in [0, 0.05) is 49.6 Å². The van der Waals surface area contributed by atoms with Crippen LogP contribution in [0.1, 0.15) is 69.4 Å². The quantitative estimate of drug-likeness (QED) is 0.0650. The number of nitrogens with one attached hydrogen (secondary N) is 2. The summed E-state index contributed by atoms with van der Waals surface area (Å²) in [5.74, 6) is 7.32. The third-order valence-corrected chi connectivity index (χ3v) is 6.71. The van der Waals surface area contributed by atoms with E-state index in [1.807, 2.05) is 13.2 Å². The monoisotopic (exact) mass is 524 g/mol. The minimum Gasteiger partial charge on any atom is -0.493 e. The number of allylic oxidation sites excluding steroid dienone is 2. The van der Waals surface area contributed by atoms with Gasteiger partial charge in [-0.3, -0.25) is 5.09 Å². The van der Waals surface area contributed by atoms with Crippen LogP contribution in [-0.4, -0.2) is 44.3 Å². The van der Waals surface area contributed by atoms with Gasteiger partial charge in [0.25, 0.3) is 0 Å². The number of nitrogens with zero attached hydrogens (tertiary/aromatic N) is 1. The third-order valence-electron chi connectivity index (χ3n) is 5.53. The predicted octanol–water partition coefficient (Wildman–Crippen LogP) is 3.78. The molecule has 0 aromatic heterocycles. The Balaban J connectivity index is 2.91. The number of hydrogen-bond donors (Lipinski definition) is 6. The Labute approximate surface area is 219 Å². The second-order valence-electron chi connectivity index (χ2n) is 8.94. The highest BCUT2D eigenvalue weighted by Gasteiger charge is 2.16. The molecular weight excluding hydrogens is 475 g/mol. The maximum atomic E-state index is 10.2. The van der Waals surface area contributed by atoms with Crippen LogP contribution in [0.2, 0.25) is 0 Å². The van der Waals surface area contributed by atoms with Crippen LogP contribution < -0.4 is 37.2 Å². The number of benzene rings is 1. The van der Waals surface area contributed by atoms with E-state index in [-0.39, 0.29) is 0 Å². The van der Waals surface area contributed by atoms with Crippen molar-refractivity contribution >= 4 is 8.30 Å². The Bertz CT molecular complexity index is 804. The first-order chi connectivity index (χ1) is 17.3. The molecule has 0 saturated carbocycles. The molecule has 1 rings (SSSR count). The number of rotatable bonds is 20. The summed E-state index contributed by atoms with van der Waals surface area (Å²) in [6.45, 7) is 3.38. The number of ether oxygens (including phenoxy) is 2. The predicted molar refractivity (Wildman–Crippen MR) is 151 cm³/mol. The molecule has 0 bridgehead atoms. The highest BCUT2D eigenvalue weighted by atomic mass is 31.2. The van der Waals surface area contributed by atoms with Crippen molar-refractivity contribution in [3.63, 3.8) is 0 Å². The second-order valence-corrected chi connectivity index (χ2v) is 10.5. The van der Waals surface area contributed by atoms with E-state index < -0.39 is 8.30 Å². The zero-order chi connectivity index (χ0) is 26.8. The lowest BCUT2D eigenvalue weighted by molar-refractivity contribution is 0.285. The number of hydrogen-bond acceptors (Lipinski definition) is 9. The van der Waals surface area contributed by atoms with Crippen molar-refractivity contribution in [1.29, 1.82) is 0 Å². The molecule has 9 nitrogen and oxygen atoms in total. The van der Waals surface area contributed by atoms with Crippen LogP contribution in [0.4, 0.5) is 0 Å². The highest BCUT2D eigenvalue weighted by Crippen LogP contribution is 2.37. The van der Waals surface area contributed by atoms with Crippen LogP contribution in [-0.2, 0) is 12.6 Å². The Hall–Kier alpha value is -2.19. The summed E-state index contributed by atoms with van der Waals surface area (Å²) >= 11 is 0. The van der Waals surface area contributed by atoms with Crippen LogP contribution in [0.25, 0.3) is 0 Å². The van der Waals surface area contributed by atoms with Gasteiger partial charge < -0.3 is 36.2 Å². The molecule has 1 unspecified atom stereocenters. The summed E-state index contributed by atoms with van der Waals surface area (Å²) in [6, 6.07) is 4.12. The van der Waals surface area contributed by atoms with E-state index in [1.54, 1.807) is 20.3 Å². The third kappa shape index (κ3) is 13.8. The van der Waals surface area contributed by atoms with Crippen LogP contribution in [0.5, 0.6) is 11.5 Å². The number of nitrogens with two attached hydrogens (primary N) is 3. The van der Waals surface area contributed by atoms with Gasteiger partial charge in [0.05, 0.1) is 13.2 Å². The lowest BCUT2D eigenvalue weighted by Crippen LogP contribution is -2.20. The van der Waals surface area contributed by atoms with Crippen LogP contribution in [0, 0.1) is 0 Å². The Morgan fingerprint density at radius 3 is 2.08 bits per heavy atom. The molecule has 206 valence electrons. The molecule has 10 heteroatoms. The van der Waals surface area contributed by atoms with Gasteiger partial charge in [0.15, 0.2) is 0 Å². The van der Waals surface area contributed by atoms with E-state index >= 15 is 0 Å². The normalized spacial score (nSPS) is 12.9. The molecule has 0 radical (unpaired) electrons. The summed E-state index contributed by atoms with van der Waals surface area (Å²) in [6.07, 6.45) is 12.4. The van der Waals surface area contributed by atoms with Crippen LogP contribution in [0.15, 0.2) is 35.9 Å². The minimum atomic E-state index is -1.28. The summed E-state index contributed by atoms with van der Waals surface area (Å²) in [4.78, 5) is 10.2. The average molecular weight is 525 g/mol. The first kappa shape index (κ1) is 31.8. The maximum absolute atomic E-state index is 10.2. The van der Waals surface area contributed by atoms with E-state index in [1.165, 1.54) is 5.01 Å². The second kappa shape index (κ2) is 19.0. The smallest absolute Gasteiger partial charge is 0.126 e. The van der Waals surface area contributed by atoms with E-state index in [0.717, 1.165) is 91.8 Å². The summed E-state index contributed by atoms with van der Waals surface area (Å²) in [5, 5.41) is 7.38. The largest absolute Gasteiger partial charge is 0.493 e. The van der Waals surface area contributed by atoms with Gasteiger partial charge in [0.1, 0.15) is 19.8 Å². The Morgan fingerprint density at radius 2 is 1.58 bits per heavy atom. The lowest BCUT2D eigenvalue weighted by Gasteiger charge is -2.19. The molecule has 0 fully saturated rings. The first-order valence-corrected chi connectivity index (χ1v) is 14.4. The standard InChI is InChI=1S/C26H49N6O3P/c1-5-6-13-24-25(34-14-9-7-11-22(27)18-30-2)16-21(20-36(33)31-3)17-26(24)35-15-10-8-12-23(28)19-32(4)29/h16-19,30-31,33H,5-15,20,27-29H2,1-4H3/b22-18-,23-19-. The molecule has 0 spiro atoms. The van der Waals surface area contributed by atoms with Crippen LogP contribution in [0.3, 0.4) is 0 Å². The molecule has 1 aromatic rings. The van der Waals surface area contributed by atoms with Gasteiger partial charge in [-0.2, -0.15) is 0 Å². The average Bonchev–Trinajstić information content (AvgIpc) is 2.82. The fraction of sp³-hybridized carbons (Fsp3) is 0.615. The SMILES string of the molecule is CCCCc1c(OCCCC/C(N)=C/NC)cc(CP(O)NC)cc1OCCCC/C(N)=C/N(C)N. The van der Waals surface area contributed by atoms with Gasteiger partial charge in [-0.05, 0) is 76.1 Å². The Kier molecular flexibility index (Phi) is 16.8. The number of unbranched alkanes of at least 4 members (excludes halogenated alkanes) is 3. The molecule has 0 amide bonds. The molecule has 9 N–H and O–H groups in total. The molecule has 0 aliphatic heterocycles. The van der Waals surface area contributed by atoms with Crippen molar-refractivity contribution in [2.45, 2.75) is 70.9 Å². The molecule has 1 aromatic carbocycles. The van der Waals surface area contributed by atoms with Crippen molar-refractivity contribution in [3.8, 4) is 11.5 Å². The fourth-order valence-corrected chi connectivity index (χ4v) is 4.37. The molecular formula is C26H49N6O3P. The van der Waals surface area contributed by atoms with E-state index in [0.29, 0.717) is 19.4 Å². The van der Waals surface area contributed by atoms with Gasteiger partial charge >= 0.3 is 0 Å². The number of hydrazine groups is 1. The minimum absolute atomic E-state index is 0.534. The van der Waals surface area contributed by atoms with Crippen molar-refractivity contribution < 1.29 is 14.4 Å². The molecule has 0 aliphatic rings. The molecule has 1 atom stereocenters. The zero-order valence-electron chi connectivity index (χ0n) is 22.7. The van der Waals surface area contributed by atoms with Crippen LogP contribution >= 0.6 is 8.30 Å². The lowest BCUT2D eigenvalue weighted by atomic mass is 10.0. The zero-order valence-corrected chi connectivity index (χ0v) is 23.6. The van der Waals surface area contributed by atoms with E-state index in [2.05, 4.69) is 29.5 Å². The van der Waals surface area contributed by atoms with Gasteiger partial charge in [-0.25, -0.2) is 5.84 Å². The van der Waals surface area contributed by atoms with E-state index in [4.69, 9.17) is 26.8 Å². The first-order valence-electron chi connectivity index (χ1n) is 12.9. The molecule has 0 saturated heterocycles. The maximum Gasteiger partial charge on any atom is 0.126 e. The van der Waals surface area contributed by atoms with E-state index in [9.17, 15) is 4.89 Å². The summed E-state index contributed by atoms with van der Waals surface area (Å²) in [5.41, 5.74) is 15.6.